The van der Waals surface area contributed by atoms with Crippen molar-refractivity contribution >= 4 is 23.3 Å². The summed E-state index contributed by atoms with van der Waals surface area (Å²) in [6, 6.07) is 0. The van der Waals surface area contributed by atoms with E-state index in [0.717, 1.165) is 0 Å². The van der Waals surface area contributed by atoms with Gasteiger partial charge in [0.2, 0.25) is 0 Å². The Morgan fingerprint density at radius 3 is 2.47 bits per heavy atom. The van der Waals surface area contributed by atoms with Crippen LogP contribution in [0.5, 0.6) is 0 Å². The molecular weight excluding hydrogens is 227 g/mol. The number of thiocarbonyl (C=S) groups is 1. The number of nitrogens with zero attached hydrogens (tertiary/aromatic N) is 1. The van der Waals surface area contributed by atoms with Gasteiger partial charge < -0.3 is 0 Å². The number of hydrogen-bond donors (Lipinski definition) is 0. The highest BCUT2D eigenvalue weighted by atomic mass is 32.1. The third kappa shape index (κ3) is 3.11. The van der Waals surface area contributed by atoms with Gasteiger partial charge in [-0.2, -0.15) is 18.2 Å². The third-order valence-corrected chi connectivity index (χ3v) is 2.75. The highest BCUT2D eigenvalue weighted by Gasteiger charge is 2.47. The summed E-state index contributed by atoms with van der Waals surface area (Å²) in [4.78, 5) is 14.4. The summed E-state index contributed by atoms with van der Waals surface area (Å²) in [5.74, 6) is -3.41. The molecule has 0 aromatic carbocycles. The number of aliphatic imine (C=N–C) groups is 1. The number of alkyl halides is 3. The number of carbonyl (C=O) groups excluding carboxylic acids is 1. The summed E-state index contributed by atoms with van der Waals surface area (Å²) >= 11 is 4.21. The molecule has 1 aliphatic rings. The van der Waals surface area contributed by atoms with Gasteiger partial charge in [-0.15, -0.1) is 0 Å². The molecule has 1 saturated carbocycles. The van der Waals surface area contributed by atoms with Crippen LogP contribution in [0.1, 0.15) is 25.7 Å². The van der Waals surface area contributed by atoms with E-state index in [1.54, 1.807) is 0 Å². The first-order chi connectivity index (χ1) is 6.96. The summed E-state index contributed by atoms with van der Waals surface area (Å²) in [5, 5.41) is 1.83. The van der Waals surface area contributed by atoms with Crippen LogP contribution in [0.3, 0.4) is 0 Å². The van der Waals surface area contributed by atoms with Crippen LogP contribution in [-0.2, 0) is 4.79 Å². The van der Waals surface area contributed by atoms with Crippen LogP contribution in [0.25, 0.3) is 0 Å². The second-order valence-corrected chi connectivity index (χ2v) is 3.76. The average Bonchev–Trinajstić information content (AvgIpc) is 2.17. The summed E-state index contributed by atoms with van der Waals surface area (Å²) in [6.45, 7) is 0. The minimum Gasteiger partial charge on any atom is -0.272 e. The molecule has 0 saturated heterocycles. The highest BCUT2D eigenvalue weighted by Crippen LogP contribution is 2.41. The quantitative estimate of drug-likeness (QED) is 0.518. The molecule has 1 fully saturated rings. The molecule has 84 valence electrons. The van der Waals surface area contributed by atoms with Gasteiger partial charge in [0.15, 0.2) is 0 Å². The number of halogens is 3. The maximum Gasteiger partial charge on any atom is 0.392 e. The monoisotopic (exact) mass is 237 g/mol. The van der Waals surface area contributed by atoms with Crippen molar-refractivity contribution in [2.24, 2.45) is 16.8 Å². The zero-order valence-electron chi connectivity index (χ0n) is 7.88. The molecule has 1 rings (SSSR count). The molecule has 0 bridgehead atoms. The fourth-order valence-corrected chi connectivity index (χ4v) is 2.04. The van der Waals surface area contributed by atoms with Gasteiger partial charge in [-0.05, 0) is 25.1 Å². The Morgan fingerprint density at radius 2 is 1.93 bits per heavy atom. The number of carbonyl (C=O) groups is 1. The Morgan fingerprint density at radius 1 is 1.33 bits per heavy atom. The molecule has 1 amide bonds. The van der Waals surface area contributed by atoms with Crippen molar-refractivity contribution < 1.29 is 18.0 Å². The molecular formula is C9H10F3NOS. The molecule has 0 N–H and O–H groups in total. The van der Waals surface area contributed by atoms with E-state index >= 15 is 0 Å². The van der Waals surface area contributed by atoms with E-state index in [9.17, 15) is 18.0 Å². The predicted molar refractivity (Wildman–Crippen MR) is 51.5 cm³/mol. The normalized spacial score (nSPS) is 26.9. The molecule has 0 aliphatic heterocycles. The van der Waals surface area contributed by atoms with Crippen molar-refractivity contribution in [3.8, 4) is 0 Å². The van der Waals surface area contributed by atoms with Crippen LogP contribution in [0, 0.1) is 11.8 Å². The molecule has 1 aliphatic carbocycles. The molecule has 0 aromatic heterocycles. The van der Waals surface area contributed by atoms with Crippen molar-refractivity contribution in [2.45, 2.75) is 31.9 Å². The topological polar surface area (TPSA) is 29.4 Å². The second-order valence-electron chi connectivity index (χ2n) is 3.58. The lowest BCUT2D eigenvalue weighted by Gasteiger charge is -2.30. The minimum absolute atomic E-state index is 0.00680. The van der Waals surface area contributed by atoms with Crippen molar-refractivity contribution in [3.05, 3.63) is 0 Å². The first kappa shape index (κ1) is 12.3. The lowest BCUT2D eigenvalue weighted by Crippen LogP contribution is -2.36. The third-order valence-electron chi connectivity index (χ3n) is 2.66. The lowest BCUT2D eigenvalue weighted by molar-refractivity contribution is -0.197. The number of isothiocyanates is 1. The Kier molecular flexibility index (Phi) is 3.99. The van der Waals surface area contributed by atoms with Crippen LogP contribution < -0.4 is 0 Å². The van der Waals surface area contributed by atoms with E-state index in [-0.39, 0.29) is 12.8 Å². The number of rotatable bonds is 1. The van der Waals surface area contributed by atoms with Gasteiger partial charge in [-0.3, -0.25) is 4.79 Å². The fraction of sp³-hybridized carbons (Fsp3) is 0.778. The van der Waals surface area contributed by atoms with Crippen molar-refractivity contribution in [1.82, 2.24) is 0 Å². The Labute approximate surface area is 90.6 Å². The van der Waals surface area contributed by atoms with Crippen LogP contribution >= 0.6 is 12.2 Å². The maximum atomic E-state index is 12.6. The Balaban J connectivity index is 2.83. The van der Waals surface area contributed by atoms with E-state index in [0.29, 0.717) is 12.8 Å². The van der Waals surface area contributed by atoms with Crippen LogP contribution in [0.4, 0.5) is 13.2 Å². The number of hydrogen-bond acceptors (Lipinski definition) is 2. The molecule has 6 heteroatoms. The number of amides is 1. The van der Waals surface area contributed by atoms with Gasteiger partial charge in [-0.1, -0.05) is 12.8 Å². The standard InChI is InChI=1S/C9H10F3NOS/c10-9(11,12)7-4-2-1-3-6(7)8(14)13-5-15/h6-7H,1-4H2. The van der Waals surface area contributed by atoms with E-state index in [1.165, 1.54) is 0 Å². The van der Waals surface area contributed by atoms with E-state index in [1.807, 2.05) is 5.16 Å². The van der Waals surface area contributed by atoms with Crippen molar-refractivity contribution in [3.63, 3.8) is 0 Å². The van der Waals surface area contributed by atoms with Crippen molar-refractivity contribution in [2.75, 3.05) is 0 Å². The van der Waals surface area contributed by atoms with Crippen LogP contribution in [0.2, 0.25) is 0 Å². The summed E-state index contributed by atoms with van der Waals surface area (Å²) in [7, 11) is 0. The lowest BCUT2D eigenvalue weighted by atomic mass is 9.78. The Bertz CT molecular complexity index is 296. The zero-order valence-corrected chi connectivity index (χ0v) is 8.70. The van der Waals surface area contributed by atoms with Crippen LogP contribution in [-0.4, -0.2) is 17.2 Å². The van der Waals surface area contributed by atoms with Gasteiger partial charge in [0.25, 0.3) is 5.91 Å². The first-order valence-corrected chi connectivity index (χ1v) is 5.06. The summed E-state index contributed by atoms with van der Waals surface area (Å²) in [5.41, 5.74) is 0. The smallest absolute Gasteiger partial charge is 0.272 e. The van der Waals surface area contributed by atoms with E-state index in [4.69, 9.17) is 0 Å². The molecule has 2 atom stereocenters. The van der Waals surface area contributed by atoms with E-state index in [2.05, 4.69) is 17.2 Å². The molecule has 0 heterocycles. The minimum atomic E-state index is -4.32. The van der Waals surface area contributed by atoms with E-state index < -0.39 is 23.9 Å². The average molecular weight is 237 g/mol. The largest absolute Gasteiger partial charge is 0.392 e. The van der Waals surface area contributed by atoms with Gasteiger partial charge in [0.05, 0.1) is 17.0 Å². The van der Waals surface area contributed by atoms with Gasteiger partial charge in [0, 0.05) is 0 Å². The second kappa shape index (κ2) is 4.86. The highest BCUT2D eigenvalue weighted by molar-refractivity contribution is 7.78. The molecule has 2 unspecified atom stereocenters. The first-order valence-electron chi connectivity index (χ1n) is 4.65. The van der Waals surface area contributed by atoms with Gasteiger partial charge >= 0.3 is 6.18 Å². The van der Waals surface area contributed by atoms with Crippen molar-refractivity contribution in [1.29, 1.82) is 0 Å². The molecule has 15 heavy (non-hydrogen) atoms. The Hall–Kier alpha value is -0.740. The zero-order chi connectivity index (χ0) is 11.5. The SMILES string of the molecule is O=C(N=C=S)C1CCCCC1C(F)(F)F. The van der Waals surface area contributed by atoms with Crippen LogP contribution in [0.15, 0.2) is 4.99 Å². The maximum absolute atomic E-state index is 12.6. The molecule has 0 spiro atoms. The molecule has 0 aromatic rings. The fourth-order valence-electron chi connectivity index (χ4n) is 1.95. The summed E-state index contributed by atoms with van der Waals surface area (Å²) in [6.07, 6.45) is -2.93. The van der Waals surface area contributed by atoms with Gasteiger partial charge in [-0.25, -0.2) is 0 Å². The van der Waals surface area contributed by atoms with Gasteiger partial charge in [0.1, 0.15) is 0 Å². The summed E-state index contributed by atoms with van der Waals surface area (Å²) < 4.78 is 37.7. The molecule has 2 nitrogen and oxygen atoms in total. The molecule has 0 radical (unpaired) electrons. The predicted octanol–water partition coefficient (Wildman–Crippen LogP) is 2.98.